The first-order valence-corrected chi connectivity index (χ1v) is 20.0. The molecule has 0 aromatic carbocycles. The van der Waals surface area contributed by atoms with E-state index in [2.05, 4.69) is 17.6 Å². The van der Waals surface area contributed by atoms with Gasteiger partial charge in [-0.15, -0.1) is 0 Å². The first-order chi connectivity index (χ1) is 28.1. The molecule has 0 aromatic rings. The predicted octanol–water partition coefficient (Wildman–Crippen LogP) is -0.873. The number of nitrogens with one attached hydrogen (secondary N) is 2. The van der Waals surface area contributed by atoms with Crippen LogP contribution in [0.4, 0.5) is 0 Å². The third kappa shape index (κ3) is 49.9. The molecule has 0 aromatic heterocycles. The van der Waals surface area contributed by atoms with Gasteiger partial charge in [0.2, 0.25) is 17.7 Å². The molecule has 20 nitrogen and oxygen atoms in total. The molecule has 0 bridgehead atoms. The van der Waals surface area contributed by atoms with E-state index in [-0.39, 0.29) is 37.8 Å². The van der Waals surface area contributed by atoms with Crippen molar-refractivity contribution < 1.29 is 80.7 Å². The van der Waals surface area contributed by atoms with Gasteiger partial charge < -0.3 is 82.7 Å². The number of nitrogens with two attached hydrogens (primary N) is 1. The van der Waals surface area contributed by atoms with Crippen molar-refractivity contribution in [2.75, 3.05) is 198 Å². The molecule has 0 radical (unpaired) electrons. The molecule has 0 spiro atoms. The Balaban J connectivity index is 3.15. The molecule has 3 amide bonds. The zero-order valence-corrected chi connectivity index (χ0v) is 34.4. The van der Waals surface area contributed by atoms with Crippen LogP contribution in [0.1, 0.15) is 26.2 Å². The van der Waals surface area contributed by atoms with Gasteiger partial charge in [0, 0.05) is 26.0 Å². The minimum atomic E-state index is -0.589. The van der Waals surface area contributed by atoms with Crippen molar-refractivity contribution in [3.8, 4) is 0 Å². The van der Waals surface area contributed by atoms with E-state index in [4.69, 9.17) is 72.0 Å². The van der Waals surface area contributed by atoms with Crippen molar-refractivity contribution in [1.82, 2.24) is 10.6 Å². The number of rotatable bonds is 49. The topological polar surface area (TPSA) is 231 Å². The Morgan fingerprint density at radius 1 is 0.333 bits per heavy atom. The maximum atomic E-state index is 11.9. The standard InChI is InChI=1S/C37H73N3O17/c1-2-6-44-10-14-48-18-19-49-15-11-45-7-3-36(42)39-5-9-47-13-17-51-21-23-53-25-27-55-29-31-57-33-32-56-30-28-54-26-24-52-22-20-50-16-12-46-8-4-37(43)40-34-35(38)41/h2-34H2,1H3,(H2,38,41)(H,39,42)(H,40,43). The van der Waals surface area contributed by atoms with Crippen LogP contribution < -0.4 is 16.4 Å². The number of hydrogen-bond acceptors (Lipinski definition) is 17. The first-order valence-electron chi connectivity index (χ1n) is 20.0. The van der Waals surface area contributed by atoms with Crippen LogP contribution in [0.5, 0.6) is 0 Å². The van der Waals surface area contributed by atoms with Gasteiger partial charge in [-0.25, -0.2) is 0 Å². The lowest BCUT2D eigenvalue weighted by atomic mass is 10.4. The lowest BCUT2D eigenvalue weighted by Crippen LogP contribution is -2.33. The molecule has 0 heterocycles. The van der Waals surface area contributed by atoms with Gasteiger partial charge in [-0.3, -0.25) is 14.4 Å². The van der Waals surface area contributed by atoms with E-state index < -0.39 is 5.91 Å². The molecular formula is C37H73N3O17. The monoisotopic (exact) mass is 831 g/mol. The summed E-state index contributed by atoms with van der Waals surface area (Å²) in [6.07, 6.45) is 1.44. The number of hydrogen-bond donors (Lipinski definition) is 3. The fourth-order valence-corrected chi connectivity index (χ4v) is 3.94. The second kappa shape index (κ2) is 48.2. The van der Waals surface area contributed by atoms with E-state index in [1.807, 2.05) is 0 Å². The van der Waals surface area contributed by atoms with Crippen molar-refractivity contribution >= 4 is 17.7 Å². The summed E-state index contributed by atoms with van der Waals surface area (Å²) in [6, 6.07) is 0. The van der Waals surface area contributed by atoms with E-state index in [9.17, 15) is 14.4 Å². The molecule has 0 saturated heterocycles. The van der Waals surface area contributed by atoms with Crippen molar-refractivity contribution in [3.05, 3.63) is 0 Å². The maximum Gasteiger partial charge on any atom is 0.236 e. The third-order valence-corrected chi connectivity index (χ3v) is 6.79. The summed E-state index contributed by atoms with van der Waals surface area (Å²) >= 11 is 0. The van der Waals surface area contributed by atoms with Gasteiger partial charge in [0.05, 0.1) is 185 Å². The predicted molar refractivity (Wildman–Crippen MR) is 206 cm³/mol. The van der Waals surface area contributed by atoms with Gasteiger partial charge in [0.25, 0.3) is 0 Å². The SMILES string of the molecule is CCCOCCOCCOCCOCCC(=O)NCCOCCOCCOCCOCCOCCOCCOCCOCCOCCOCCC(=O)NCC(N)=O. The van der Waals surface area contributed by atoms with E-state index in [0.29, 0.717) is 178 Å². The molecule has 4 N–H and O–H groups in total. The largest absolute Gasteiger partial charge is 0.379 e. The Labute approximate surface area is 338 Å². The zero-order valence-electron chi connectivity index (χ0n) is 34.4. The van der Waals surface area contributed by atoms with Gasteiger partial charge >= 0.3 is 0 Å². The lowest BCUT2D eigenvalue weighted by molar-refractivity contribution is -0.125. The van der Waals surface area contributed by atoms with E-state index in [0.717, 1.165) is 13.0 Å². The molecule has 0 saturated carbocycles. The summed E-state index contributed by atoms with van der Waals surface area (Å²) in [5.74, 6) is -0.967. The summed E-state index contributed by atoms with van der Waals surface area (Å²) < 4.78 is 75.9. The fourth-order valence-electron chi connectivity index (χ4n) is 3.94. The lowest BCUT2D eigenvalue weighted by Gasteiger charge is -2.09. The summed E-state index contributed by atoms with van der Waals surface area (Å²) in [7, 11) is 0. The van der Waals surface area contributed by atoms with E-state index in [1.54, 1.807) is 0 Å². The molecule has 0 aliphatic heterocycles. The van der Waals surface area contributed by atoms with Crippen molar-refractivity contribution in [2.45, 2.75) is 26.2 Å². The molecule has 0 rings (SSSR count). The number of carbonyl (C=O) groups is 3. The van der Waals surface area contributed by atoms with Crippen molar-refractivity contribution in [3.63, 3.8) is 0 Å². The van der Waals surface area contributed by atoms with Crippen LogP contribution in [-0.4, -0.2) is 216 Å². The average Bonchev–Trinajstić information content (AvgIpc) is 3.20. The van der Waals surface area contributed by atoms with Gasteiger partial charge in [-0.2, -0.15) is 0 Å². The number of ether oxygens (including phenoxy) is 14. The van der Waals surface area contributed by atoms with Crippen molar-refractivity contribution in [1.29, 1.82) is 0 Å². The molecular weight excluding hydrogens is 758 g/mol. The van der Waals surface area contributed by atoms with E-state index in [1.165, 1.54) is 0 Å². The molecule has 57 heavy (non-hydrogen) atoms. The quantitative estimate of drug-likeness (QED) is 0.0633. The Morgan fingerprint density at radius 2 is 0.561 bits per heavy atom. The molecule has 20 heteroatoms. The smallest absolute Gasteiger partial charge is 0.236 e. The molecule has 0 aliphatic carbocycles. The number of primary amides is 1. The normalized spacial score (nSPS) is 11.3. The average molecular weight is 832 g/mol. The van der Waals surface area contributed by atoms with Gasteiger partial charge in [-0.05, 0) is 6.42 Å². The minimum absolute atomic E-state index is 0.0869. The van der Waals surface area contributed by atoms with Crippen LogP contribution in [0.25, 0.3) is 0 Å². The highest BCUT2D eigenvalue weighted by molar-refractivity contribution is 5.83. The highest BCUT2D eigenvalue weighted by Gasteiger charge is 2.03. The third-order valence-electron chi connectivity index (χ3n) is 6.79. The highest BCUT2D eigenvalue weighted by atomic mass is 16.6. The minimum Gasteiger partial charge on any atom is -0.379 e. The Kier molecular flexibility index (Phi) is 46.4. The van der Waals surface area contributed by atoms with Crippen molar-refractivity contribution in [2.24, 2.45) is 5.73 Å². The van der Waals surface area contributed by atoms with E-state index >= 15 is 0 Å². The Hall–Kier alpha value is -2.15. The second-order valence-corrected chi connectivity index (χ2v) is 11.7. The van der Waals surface area contributed by atoms with Crippen LogP contribution >= 0.6 is 0 Å². The summed E-state index contributed by atoms with van der Waals surface area (Å²) in [5, 5.41) is 5.17. The Bertz CT molecular complexity index is 866. The van der Waals surface area contributed by atoms with Gasteiger partial charge in [0.15, 0.2) is 0 Å². The van der Waals surface area contributed by atoms with Gasteiger partial charge in [-0.1, -0.05) is 6.92 Å². The van der Waals surface area contributed by atoms with Crippen LogP contribution in [0.2, 0.25) is 0 Å². The molecule has 0 unspecified atom stereocenters. The molecule has 0 fully saturated rings. The number of amides is 3. The van der Waals surface area contributed by atoms with Gasteiger partial charge in [0.1, 0.15) is 0 Å². The Morgan fingerprint density at radius 3 is 0.825 bits per heavy atom. The molecule has 338 valence electrons. The molecule has 0 aliphatic rings. The first kappa shape index (κ1) is 54.9. The van der Waals surface area contributed by atoms with Crippen LogP contribution in [0.3, 0.4) is 0 Å². The fraction of sp³-hybridized carbons (Fsp3) is 0.919. The zero-order chi connectivity index (χ0) is 41.4. The highest BCUT2D eigenvalue weighted by Crippen LogP contribution is 1.90. The maximum absolute atomic E-state index is 11.9. The van der Waals surface area contributed by atoms with Crippen LogP contribution in [0.15, 0.2) is 0 Å². The van der Waals surface area contributed by atoms with Crippen LogP contribution in [0, 0.1) is 0 Å². The summed E-state index contributed by atoms with van der Waals surface area (Å²) in [6.45, 7) is 15.2. The summed E-state index contributed by atoms with van der Waals surface area (Å²) in [5.41, 5.74) is 4.95. The second-order valence-electron chi connectivity index (χ2n) is 11.7. The number of carbonyl (C=O) groups excluding carboxylic acids is 3. The van der Waals surface area contributed by atoms with Crippen LogP contribution in [-0.2, 0) is 80.7 Å². The molecule has 0 atom stereocenters. The summed E-state index contributed by atoms with van der Waals surface area (Å²) in [4.78, 5) is 33.8.